The zero-order valence-electron chi connectivity index (χ0n) is 12.1. The molecule has 0 unspecified atom stereocenters. The van der Waals surface area contributed by atoms with Gasteiger partial charge in [0.1, 0.15) is 0 Å². The summed E-state index contributed by atoms with van der Waals surface area (Å²) in [6.45, 7) is 5.73. The van der Waals surface area contributed by atoms with Gasteiger partial charge >= 0.3 is 5.97 Å². The van der Waals surface area contributed by atoms with Crippen LogP contribution in [0.5, 0.6) is 0 Å². The summed E-state index contributed by atoms with van der Waals surface area (Å²) in [6.07, 6.45) is 1.80. The van der Waals surface area contributed by atoms with Gasteiger partial charge in [0.2, 0.25) is 0 Å². The number of nitrogen functional groups attached to an aromatic ring is 1. The summed E-state index contributed by atoms with van der Waals surface area (Å²) in [4.78, 5) is 12.0. The van der Waals surface area contributed by atoms with Crippen LogP contribution in [-0.4, -0.2) is 31.3 Å². The van der Waals surface area contributed by atoms with E-state index < -0.39 is 0 Å². The molecule has 1 heterocycles. The normalized spacial score (nSPS) is 17.5. The van der Waals surface area contributed by atoms with Crippen molar-refractivity contribution in [3.05, 3.63) is 23.8 Å². The molecular formula is C15H22N2O3. The molecule has 20 heavy (non-hydrogen) atoms. The van der Waals surface area contributed by atoms with Crippen molar-refractivity contribution in [2.24, 2.45) is 0 Å². The maximum absolute atomic E-state index is 12.0. The van der Waals surface area contributed by atoms with Crippen molar-refractivity contribution >= 4 is 17.3 Å². The third-order valence-electron chi connectivity index (χ3n) is 3.57. The Hall–Kier alpha value is -1.75. The molecule has 0 saturated carbocycles. The van der Waals surface area contributed by atoms with E-state index in [4.69, 9.17) is 15.2 Å². The van der Waals surface area contributed by atoms with E-state index >= 15 is 0 Å². The standard InChI is InChI=1S/C15H22N2O3/c1-3-20-14(18)12-10-11(16)4-5-13(12)17-15(2)6-8-19-9-7-15/h4-5,10,17H,3,6-9,16H2,1-2H3. The van der Waals surface area contributed by atoms with Crippen LogP contribution in [0.25, 0.3) is 0 Å². The van der Waals surface area contributed by atoms with Gasteiger partial charge in [-0.25, -0.2) is 4.79 Å². The van der Waals surface area contributed by atoms with Crippen LogP contribution < -0.4 is 11.1 Å². The van der Waals surface area contributed by atoms with Gasteiger partial charge in [0.05, 0.1) is 12.2 Å². The number of hydrogen-bond donors (Lipinski definition) is 2. The first-order valence-corrected chi connectivity index (χ1v) is 6.97. The number of nitrogens with two attached hydrogens (primary N) is 1. The third kappa shape index (κ3) is 3.42. The number of benzene rings is 1. The van der Waals surface area contributed by atoms with Crippen molar-refractivity contribution in [3.8, 4) is 0 Å². The number of hydrogen-bond acceptors (Lipinski definition) is 5. The molecule has 1 aliphatic heterocycles. The fraction of sp³-hybridized carbons (Fsp3) is 0.533. The molecule has 1 aromatic carbocycles. The molecule has 0 aliphatic carbocycles. The molecule has 5 nitrogen and oxygen atoms in total. The Bertz CT molecular complexity index is 482. The van der Waals surface area contributed by atoms with Crippen LogP contribution in [-0.2, 0) is 9.47 Å². The summed E-state index contributed by atoms with van der Waals surface area (Å²) in [6, 6.07) is 5.28. The quantitative estimate of drug-likeness (QED) is 0.653. The van der Waals surface area contributed by atoms with Crippen LogP contribution in [0.4, 0.5) is 11.4 Å². The van der Waals surface area contributed by atoms with Crippen molar-refractivity contribution in [2.45, 2.75) is 32.2 Å². The number of carbonyl (C=O) groups excluding carboxylic acids is 1. The Labute approximate surface area is 119 Å². The third-order valence-corrected chi connectivity index (χ3v) is 3.57. The van der Waals surface area contributed by atoms with Gasteiger partial charge in [-0.15, -0.1) is 0 Å². The van der Waals surface area contributed by atoms with Crippen LogP contribution in [0, 0.1) is 0 Å². The predicted octanol–water partition coefficient (Wildman–Crippen LogP) is 2.43. The molecule has 1 aromatic rings. The molecule has 0 atom stereocenters. The van der Waals surface area contributed by atoms with E-state index in [0.717, 1.165) is 31.7 Å². The minimum Gasteiger partial charge on any atom is -0.462 e. The summed E-state index contributed by atoms with van der Waals surface area (Å²) in [5, 5.41) is 3.46. The highest BCUT2D eigenvalue weighted by Crippen LogP contribution is 2.28. The van der Waals surface area contributed by atoms with Gasteiger partial charge in [-0.2, -0.15) is 0 Å². The van der Waals surface area contributed by atoms with Gasteiger partial charge < -0.3 is 20.5 Å². The Morgan fingerprint density at radius 2 is 2.15 bits per heavy atom. The summed E-state index contributed by atoms with van der Waals surface area (Å²) < 4.78 is 10.5. The zero-order chi connectivity index (χ0) is 14.6. The van der Waals surface area contributed by atoms with Crippen molar-refractivity contribution in [1.29, 1.82) is 0 Å². The first kappa shape index (κ1) is 14.7. The van der Waals surface area contributed by atoms with Crippen molar-refractivity contribution in [1.82, 2.24) is 0 Å². The van der Waals surface area contributed by atoms with E-state index in [1.807, 2.05) is 6.07 Å². The Morgan fingerprint density at radius 1 is 1.45 bits per heavy atom. The summed E-state index contributed by atoms with van der Waals surface area (Å²) in [7, 11) is 0. The average molecular weight is 278 g/mol. The largest absolute Gasteiger partial charge is 0.462 e. The molecule has 0 aromatic heterocycles. The monoisotopic (exact) mass is 278 g/mol. The number of rotatable bonds is 4. The second kappa shape index (κ2) is 6.13. The van der Waals surface area contributed by atoms with E-state index in [1.54, 1.807) is 19.1 Å². The number of carbonyl (C=O) groups is 1. The molecule has 1 fully saturated rings. The molecule has 5 heteroatoms. The summed E-state index contributed by atoms with van der Waals surface area (Å²) >= 11 is 0. The molecule has 110 valence electrons. The van der Waals surface area contributed by atoms with Crippen LogP contribution in [0.3, 0.4) is 0 Å². The minimum atomic E-state index is -0.349. The number of nitrogens with one attached hydrogen (secondary N) is 1. The lowest BCUT2D eigenvalue weighted by Crippen LogP contribution is -2.41. The van der Waals surface area contributed by atoms with Gasteiger partial charge in [-0.1, -0.05) is 0 Å². The van der Waals surface area contributed by atoms with E-state index in [-0.39, 0.29) is 11.5 Å². The fourth-order valence-electron chi connectivity index (χ4n) is 2.32. The number of anilines is 2. The van der Waals surface area contributed by atoms with Crippen LogP contribution in [0.15, 0.2) is 18.2 Å². The predicted molar refractivity (Wildman–Crippen MR) is 78.9 cm³/mol. The Balaban J connectivity index is 2.24. The topological polar surface area (TPSA) is 73.6 Å². The fourth-order valence-corrected chi connectivity index (χ4v) is 2.32. The van der Waals surface area contributed by atoms with Gasteiger partial charge in [0.15, 0.2) is 0 Å². The van der Waals surface area contributed by atoms with E-state index in [0.29, 0.717) is 17.9 Å². The molecule has 0 amide bonds. The zero-order valence-corrected chi connectivity index (χ0v) is 12.1. The van der Waals surface area contributed by atoms with E-state index in [9.17, 15) is 4.79 Å². The lowest BCUT2D eigenvalue weighted by atomic mass is 9.91. The summed E-state index contributed by atoms with van der Waals surface area (Å²) in [5.74, 6) is -0.349. The van der Waals surface area contributed by atoms with Gasteiger partial charge in [0, 0.05) is 30.1 Å². The second-order valence-electron chi connectivity index (χ2n) is 5.32. The highest BCUT2D eigenvalue weighted by atomic mass is 16.5. The lowest BCUT2D eigenvalue weighted by molar-refractivity contribution is 0.0526. The van der Waals surface area contributed by atoms with Gasteiger partial charge in [-0.05, 0) is 44.9 Å². The first-order chi connectivity index (χ1) is 9.54. The average Bonchev–Trinajstić information content (AvgIpc) is 2.41. The number of ether oxygens (including phenoxy) is 2. The molecule has 2 rings (SSSR count). The van der Waals surface area contributed by atoms with E-state index in [1.165, 1.54) is 0 Å². The highest BCUT2D eigenvalue weighted by Gasteiger charge is 2.28. The Morgan fingerprint density at radius 3 is 2.80 bits per heavy atom. The maximum atomic E-state index is 12.0. The van der Waals surface area contributed by atoms with E-state index in [2.05, 4.69) is 12.2 Å². The van der Waals surface area contributed by atoms with Crippen LogP contribution in [0.2, 0.25) is 0 Å². The van der Waals surface area contributed by atoms with Crippen molar-refractivity contribution in [3.63, 3.8) is 0 Å². The smallest absolute Gasteiger partial charge is 0.340 e. The minimum absolute atomic E-state index is 0.0738. The molecule has 3 N–H and O–H groups in total. The molecule has 1 aliphatic rings. The van der Waals surface area contributed by atoms with Crippen molar-refractivity contribution in [2.75, 3.05) is 30.9 Å². The van der Waals surface area contributed by atoms with Gasteiger partial charge in [0.25, 0.3) is 0 Å². The van der Waals surface area contributed by atoms with Crippen molar-refractivity contribution < 1.29 is 14.3 Å². The lowest BCUT2D eigenvalue weighted by Gasteiger charge is -2.36. The maximum Gasteiger partial charge on any atom is 0.340 e. The van der Waals surface area contributed by atoms with Crippen LogP contribution >= 0.6 is 0 Å². The first-order valence-electron chi connectivity index (χ1n) is 6.97. The molecular weight excluding hydrogens is 256 g/mol. The number of esters is 1. The second-order valence-corrected chi connectivity index (χ2v) is 5.32. The molecule has 0 spiro atoms. The molecule has 1 saturated heterocycles. The molecule has 0 bridgehead atoms. The van der Waals surface area contributed by atoms with Crippen LogP contribution in [0.1, 0.15) is 37.0 Å². The SMILES string of the molecule is CCOC(=O)c1cc(N)ccc1NC1(C)CCOCC1. The summed E-state index contributed by atoms with van der Waals surface area (Å²) in [5.41, 5.74) is 7.50. The molecule has 0 radical (unpaired) electrons. The highest BCUT2D eigenvalue weighted by molar-refractivity contribution is 5.96. The van der Waals surface area contributed by atoms with Gasteiger partial charge in [-0.3, -0.25) is 0 Å². The Kier molecular flexibility index (Phi) is 4.49.